The van der Waals surface area contributed by atoms with Crippen LogP contribution in [-0.4, -0.2) is 76.3 Å². The molecule has 0 N–H and O–H groups in total. The molecule has 1 aromatic heterocycles. The van der Waals surface area contributed by atoms with Gasteiger partial charge in [-0.1, -0.05) is 36.4 Å². The Morgan fingerprint density at radius 3 is 2.38 bits per heavy atom. The molecule has 7 nitrogen and oxygen atoms in total. The number of aryl methyl sites for hydroxylation is 2. The number of benzene rings is 2. The topological polar surface area (TPSA) is 63.4 Å². The standard InChI is InChI=1S/C25H31N5O2S2/c1-19-8-9-22(16-20(19)2)30-24(21-6-4-3-5-7-21)26-29(25(30)33)18-27-11-13-28(14-12-27)23-10-15-34(31,32)17-23/h3-9,16,23H,10-15,17-18H2,1-2H3. The summed E-state index contributed by atoms with van der Waals surface area (Å²) in [6.45, 7) is 8.33. The maximum atomic E-state index is 11.9. The first-order valence-corrected chi connectivity index (χ1v) is 14.0. The van der Waals surface area contributed by atoms with Gasteiger partial charge in [-0.3, -0.25) is 14.4 Å². The molecule has 0 amide bonds. The van der Waals surface area contributed by atoms with Crippen LogP contribution < -0.4 is 0 Å². The summed E-state index contributed by atoms with van der Waals surface area (Å²) >= 11 is 5.93. The van der Waals surface area contributed by atoms with Gasteiger partial charge in [-0.25, -0.2) is 13.1 Å². The summed E-state index contributed by atoms with van der Waals surface area (Å²) in [6, 6.07) is 16.7. The molecule has 1 unspecified atom stereocenters. The second-order valence-electron chi connectivity index (χ2n) is 9.43. The van der Waals surface area contributed by atoms with Crippen LogP contribution in [0.15, 0.2) is 48.5 Å². The molecule has 0 aliphatic carbocycles. The zero-order chi connectivity index (χ0) is 23.9. The number of aromatic nitrogens is 3. The molecule has 9 heteroatoms. The predicted molar refractivity (Wildman–Crippen MR) is 138 cm³/mol. The lowest BCUT2D eigenvalue weighted by Gasteiger charge is -2.37. The van der Waals surface area contributed by atoms with E-state index in [1.165, 1.54) is 11.1 Å². The third-order valence-electron chi connectivity index (χ3n) is 7.09. The second kappa shape index (κ2) is 9.37. The van der Waals surface area contributed by atoms with E-state index >= 15 is 0 Å². The molecule has 3 aromatic rings. The Morgan fingerprint density at radius 2 is 1.74 bits per heavy atom. The van der Waals surface area contributed by atoms with Crippen molar-refractivity contribution in [3.8, 4) is 17.1 Å². The molecule has 34 heavy (non-hydrogen) atoms. The Hall–Kier alpha value is -2.33. The molecular weight excluding hydrogens is 466 g/mol. The molecule has 0 radical (unpaired) electrons. The second-order valence-corrected chi connectivity index (χ2v) is 12.0. The summed E-state index contributed by atoms with van der Waals surface area (Å²) in [7, 11) is -2.86. The van der Waals surface area contributed by atoms with Crippen molar-refractivity contribution in [1.82, 2.24) is 24.1 Å². The van der Waals surface area contributed by atoms with Crippen molar-refractivity contribution in [2.24, 2.45) is 0 Å². The smallest absolute Gasteiger partial charge is 0.204 e. The van der Waals surface area contributed by atoms with Crippen LogP contribution in [0.25, 0.3) is 17.1 Å². The molecule has 0 saturated carbocycles. The number of hydrogen-bond acceptors (Lipinski definition) is 6. The van der Waals surface area contributed by atoms with E-state index < -0.39 is 9.84 Å². The van der Waals surface area contributed by atoms with Crippen molar-refractivity contribution in [3.05, 3.63) is 64.4 Å². The van der Waals surface area contributed by atoms with E-state index in [2.05, 4.69) is 58.5 Å². The summed E-state index contributed by atoms with van der Waals surface area (Å²) in [5.74, 6) is 1.47. The summed E-state index contributed by atoms with van der Waals surface area (Å²) in [5, 5.41) is 4.96. The number of rotatable bonds is 5. The van der Waals surface area contributed by atoms with Crippen LogP contribution in [0.1, 0.15) is 17.5 Å². The maximum absolute atomic E-state index is 11.9. The van der Waals surface area contributed by atoms with Gasteiger partial charge >= 0.3 is 0 Å². The first-order chi connectivity index (χ1) is 16.3. The molecule has 2 aliphatic rings. The molecule has 5 rings (SSSR count). The van der Waals surface area contributed by atoms with Crippen molar-refractivity contribution in [2.45, 2.75) is 33.0 Å². The van der Waals surface area contributed by atoms with Crippen LogP contribution in [0, 0.1) is 18.6 Å². The predicted octanol–water partition coefficient (Wildman–Crippen LogP) is 3.45. The molecular formula is C25H31N5O2S2. The van der Waals surface area contributed by atoms with Crippen LogP contribution >= 0.6 is 12.2 Å². The van der Waals surface area contributed by atoms with Gasteiger partial charge < -0.3 is 0 Å². The Labute approximate surface area is 206 Å². The van der Waals surface area contributed by atoms with E-state index in [4.69, 9.17) is 17.3 Å². The van der Waals surface area contributed by atoms with Crippen molar-refractivity contribution < 1.29 is 8.42 Å². The largest absolute Gasteiger partial charge is 0.297 e. The molecule has 180 valence electrons. The van der Waals surface area contributed by atoms with Crippen molar-refractivity contribution in [1.29, 1.82) is 0 Å². The normalized spacial score (nSPS) is 21.2. The first-order valence-electron chi connectivity index (χ1n) is 11.8. The average Bonchev–Trinajstić information content (AvgIpc) is 3.36. The molecule has 2 aromatic carbocycles. The van der Waals surface area contributed by atoms with Gasteiger partial charge in [-0.05, 0) is 55.7 Å². The van der Waals surface area contributed by atoms with Gasteiger partial charge in [-0.15, -0.1) is 5.10 Å². The minimum Gasteiger partial charge on any atom is -0.297 e. The van der Waals surface area contributed by atoms with Crippen LogP contribution in [0.5, 0.6) is 0 Å². The van der Waals surface area contributed by atoms with E-state index in [0.717, 1.165) is 49.7 Å². The molecule has 2 fully saturated rings. The van der Waals surface area contributed by atoms with Gasteiger partial charge in [0.1, 0.15) is 0 Å². The fourth-order valence-corrected chi connectivity index (χ4v) is 6.95. The monoisotopic (exact) mass is 497 g/mol. The summed E-state index contributed by atoms with van der Waals surface area (Å²) < 4.78 is 28.4. The highest BCUT2D eigenvalue weighted by molar-refractivity contribution is 7.91. The first kappa shape index (κ1) is 23.4. The van der Waals surface area contributed by atoms with E-state index in [0.29, 0.717) is 22.9 Å². The van der Waals surface area contributed by atoms with Gasteiger partial charge in [0.2, 0.25) is 4.77 Å². The Balaban J connectivity index is 1.39. The quantitative estimate of drug-likeness (QED) is 0.503. The Bertz CT molecular complexity index is 1340. The third kappa shape index (κ3) is 4.75. The van der Waals surface area contributed by atoms with Gasteiger partial charge in [0.25, 0.3) is 0 Å². The zero-order valence-electron chi connectivity index (χ0n) is 19.7. The van der Waals surface area contributed by atoms with Crippen LogP contribution in [-0.2, 0) is 16.5 Å². The van der Waals surface area contributed by atoms with E-state index in [1.807, 2.05) is 22.9 Å². The third-order valence-corrected chi connectivity index (χ3v) is 9.23. The highest BCUT2D eigenvalue weighted by Crippen LogP contribution is 2.25. The van der Waals surface area contributed by atoms with Gasteiger partial charge in [0, 0.05) is 37.8 Å². The summed E-state index contributed by atoms with van der Waals surface area (Å²) in [4.78, 5) is 4.69. The highest BCUT2D eigenvalue weighted by Gasteiger charge is 2.33. The number of nitrogens with zero attached hydrogens (tertiary/aromatic N) is 5. The SMILES string of the molecule is Cc1ccc(-n2c(-c3ccccc3)nn(CN3CCN(C4CCS(=O)(=O)C4)CC3)c2=S)cc1C. The van der Waals surface area contributed by atoms with Crippen molar-refractivity contribution in [3.63, 3.8) is 0 Å². The van der Waals surface area contributed by atoms with Gasteiger partial charge in [-0.2, -0.15) is 0 Å². The van der Waals surface area contributed by atoms with E-state index in [1.54, 1.807) is 0 Å². The summed E-state index contributed by atoms with van der Waals surface area (Å²) in [5.41, 5.74) is 4.51. The fraction of sp³-hybridized carbons (Fsp3) is 0.440. The van der Waals surface area contributed by atoms with Crippen LogP contribution in [0.4, 0.5) is 0 Å². The van der Waals surface area contributed by atoms with Crippen LogP contribution in [0.3, 0.4) is 0 Å². The highest BCUT2D eigenvalue weighted by atomic mass is 32.2. The molecule has 2 saturated heterocycles. The molecule has 0 spiro atoms. The number of sulfone groups is 1. The molecule has 0 bridgehead atoms. The lowest BCUT2D eigenvalue weighted by Crippen LogP contribution is -2.50. The molecule has 1 atom stereocenters. The van der Waals surface area contributed by atoms with Gasteiger partial charge in [0.15, 0.2) is 15.7 Å². The Kier molecular flexibility index (Phi) is 6.45. The molecule has 3 heterocycles. The average molecular weight is 498 g/mol. The van der Waals surface area contributed by atoms with E-state index in [-0.39, 0.29) is 6.04 Å². The molecule has 2 aliphatic heterocycles. The summed E-state index contributed by atoms with van der Waals surface area (Å²) in [6.07, 6.45) is 0.758. The fourth-order valence-electron chi connectivity index (χ4n) is 4.89. The lowest BCUT2D eigenvalue weighted by atomic mass is 10.1. The Morgan fingerprint density at radius 1 is 1.00 bits per heavy atom. The minimum atomic E-state index is -2.86. The number of hydrogen-bond donors (Lipinski definition) is 0. The van der Waals surface area contributed by atoms with E-state index in [9.17, 15) is 8.42 Å². The van der Waals surface area contributed by atoms with Crippen molar-refractivity contribution in [2.75, 3.05) is 37.7 Å². The minimum absolute atomic E-state index is 0.169. The van der Waals surface area contributed by atoms with Gasteiger partial charge in [0.05, 0.1) is 23.9 Å². The maximum Gasteiger partial charge on any atom is 0.204 e. The van der Waals surface area contributed by atoms with Crippen molar-refractivity contribution >= 4 is 22.1 Å². The zero-order valence-corrected chi connectivity index (χ0v) is 21.4. The van der Waals surface area contributed by atoms with Crippen LogP contribution in [0.2, 0.25) is 0 Å². The lowest BCUT2D eigenvalue weighted by molar-refractivity contribution is 0.0808. The number of piperazine rings is 1.